The maximum absolute atomic E-state index is 5.41. The topological polar surface area (TPSA) is 39.1 Å². The quantitative estimate of drug-likeness (QED) is 0.869. The number of hydrogen-bond acceptors (Lipinski definition) is 3. The molecule has 0 bridgehead atoms. The summed E-state index contributed by atoms with van der Waals surface area (Å²) in [5.41, 5.74) is 2.59. The van der Waals surface area contributed by atoms with Crippen molar-refractivity contribution in [3.05, 3.63) is 17.5 Å². The lowest BCUT2D eigenvalue weighted by Gasteiger charge is -2.34. The van der Waals surface area contributed by atoms with E-state index in [1.165, 1.54) is 5.69 Å². The van der Waals surface area contributed by atoms with E-state index < -0.39 is 0 Å². The molecule has 1 aromatic rings. The fourth-order valence-corrected chi connectivity index (χ4v) is 2.32. The Labute approximate surface area is 103 Å². The minimum Gasteiger partial charge on any atom is -0.381 e. The number of aryl methyl sites for hydroxylation is 2. The third-order valence-electron chi connectivity index (χ3n) is 3.58. The van der Waals surface area contributed by atoms with Crippen molar-refractivity contribution in [3.63, 3.8) is 0 Å². The highest BCUT2D eigenvalue weighted by Crippen LogP contribution is 2.20. The van der Waals surface area contributed by atoms with Crippen LogP contribution in [0.4, 0.5) is 0 Å². The summed E-state index contributed by atoms with van der Waals surface area (Å²) in [4.78, 5) is 0. The molecule has 2 heterocycles. The van der Waals surface area contributed by atoms with Gasteiger partial charge in [0.05, 0.1) is 11.4 Å². The summed E-state index contributed by atoms with van der Waals surface area (Å²) in [6.45, 7) is 10.0. The van der Waals surface area contributed by atoms with E-state index in [9.17, 15) is 0 Å². The lowest BCUT2D eigenvalue weighted by molar-refractivity contribution is 0.0443. The molecule has 0 atom stereocenters. The molecule has 1 aliphatic rings. The first kappa shape index (κ1) is 12.6. The van der Waals surface area contributed by atoms with E-state index in [1.807, 2.05) is 6.92 Å². The van der Waals surface area contributed by atoms with Gasteiger partial charge in [0.1, 0.15) is 0 Å². The molecule has 0 aromatic carbocycles. The Bertz CT molecular complexity index is 367. The zero-order valence-corrected chi connectivity index (χ0v) is 11.1. The Morgan fingerprint density at radius 1 is 1.47 bits per heavy atom. The molecule has 1 aromatic heterocycles. The summed E-state index contributed by atoms with van der Waals surface area (Å²) in [6.07, 6.45) is 2.18. The fraction of sp³-hybridized carbons (Fsp3) is 0.769. The molecule has 4 heteroatoms. The van der Waals surface area contributed by atoms with E-state index in [2.05, 4.69) is 35.0 Å². The fourth-order valence-electron chi connectivity index (χ4n) is 2.32. The molecule has 1 fully saturated rings. The molecule has 1 saturated heterocycles. The lowest BCUT2D eigenvalue weighted by atomic mass is 9.92. The lowest BCUT2D eigenvalue weighted by Crippen LogP contribution is -2.46. The molecule has 0 amide bonds. The van der Waals surface area contributed by atoms with Gasteiger partial charge >= 0.3 is 0 Å². The Morgan fingerprint density at radius 2 is 2.18 bits per heavy atom. The second-order valence-corrected chi connectivity index (χ2v) is 5.12. The van der Waals surface area contributed by atoms with Crippen molar-refractivity contribution in [1.29, 1.82) is 0 Å². The molecule has 0 aliphatic carbocycles. The highest BCUT2D eigenvalue weighted by atomic mass is 16.5. The summed E-state index contributed by atoms with van der Waals surface area (Å²) >= 11 is 0. The molecule has 4 nitrogen and oxygen atoms in total. The van der Waals surface area contributed by atoms with Crippen LogP contribution in [-0.4, -0.2) is 28.5 Å². The van der Waals surface area contributed by atoms with Crippen LogP contribution in [0, 0.1) is 6.92 Å². The molecule has 0 radical (unpaired) electrons. The Hall–Kier alpha value is -0.870. The van der Waals surface area contributed by atoms with Gasteiger partial charge in [-0.2, -0.15) is 5.10 Å². The van der Waals surface area contributed by atoms with Gasteiger partial charge in [-0.25, -0.2) is 0 Å². The number of aromatic nitrogens is 2. The third-order valence-corrected chi connectivity index (χ3v) is 3.58. The second kappa shape index (κ2) is 5.19. The monoisotopic (exact) mass is 237 g/mol. The van der Waals surface area contributed by atoms with Crippen LogP contribution in [0.15, 0.2) is 6.07 Å². The zero-order chi connectivity index (χ0) is 12.3. The minimum atomic E-state index is 0.217. The third kappa shape index (κ3) is 3.07. The largest absolute Gasteiger partial charge is 0.381 e. The molecule has 0 spiro atoms. The molecule has 1 aliphatic heterocycles. The average molecular weight is 237 g/mol. The second-order valence-electron chi connectivity index (χ2n) is 5.12. The summed E-state index contributed by atoms with van der Waals surface area (Å²) in [6, 6.07) is 2.17. The highest BCUT2D eigenvalue weighted by molar-refractivity contribution is 5.09. The standard InChI is InChI=1S/C13H23N3O/c1-4-16-12(9-11(2)15-16)10-14-13(3)5-7-17-8-6-13/h9,14H,4-8,10H2,1-3H3. The first-order chi connectivity index (χ1) is 8.13. The molecule has 0 saturated carbocycles. The van der Waals surface area contributed by atoms with Gasteiger partial charge in [-0.1, -0.05) is 0 Å². The number of ether oxygens (including phenoxy) is 1. The molecule has 17 heavy (non-hydrogen) atoms. The smallest absolute Gasteiger partial charge is 0.0597 e. The Kier molecular flexibility index (Phi) is 3.84. The normalized spacial score (nSPS) is 19.5. The summed E-state index contributed by atoms with van der Waals surface area (Å²) in [5.74, 6) is 0. The number of nitrogens with one attached hydrogen (secondary N) is 1. The van der Waals surface area contributed by atoms with Crippen LogP contribution >= 0.6 is 0 Å². The van der Waals surface area contributed by atoms with Crippen molar-refractivity contribution < 1.29 is 4.74 Å². The minimum absolute atomic E-state index is 0.217. The maximum atomic E-state index is 5.41. The van der Waals surface area contributed by atoms with Crippen LogP contribution in [0.1, 0.15) is 38.1 Å². The van der Waals surface area contributed by atoms with Crippen LogP contribution in [0.3, 0.4) is 0 Å². The van der Waals surface area contributed by atoms with Gasteiger partial charge in [-0.3, -0.25) is 4.68 Å². The van der Waals surface area contributed by atoms with Crippen LogP contribution in [0.25, 0.3) is 0 Å². The number of rotatable bonds is 4. The molecule has 2 rings (SSSR count). The van der Waals surface area contributed by atoms with Crippen molar-refractivity contribution >= 4 is 0 Å². The average Bonchev–Trinajstić information content (AvgIpc) is 2.68. The van der Waals surface area contributed by atoms with Gasteiger partial charge in [0, 0.05) is 31.8 Å². The molecular formula is C13H23N3O. The molecule has 0 unspecified atom stereocenters. The Morgan fingerprint density at radius 3 is 2.82 bits per heavy atom. The first-order valence-electron chi connectivity index (χ1n) is 6.49. The number of hydrogen-bond donors (Lipinski definition) is 1. The van der Waals surface area contributed by atoms with E-state index in [0.29, 0.717) is 0 Å². The van der Waals surface area contributed by atoms with E-state index in [0.717, 1.165) is 44.8 Å². The van der Waals surface area contributed by atoms with Crippen LogP contribution in [-0.2, 0) is 17.8 Å². The first-order valence-corrected chi connectivity index (χ1v) is 6.49. The summed E-state index contributed by atoms with van der Waals surface area (Å²) in [7, 11) is 0. The number of nitrogens with zero attached hydrogens (tertiary/aromatic N) is 2. The summed E-state index contributed by atoms with van der Waals surface area (Å²) < 4.78 is 7.48. The van der Waals surface area contributed by atoms with E-state index >= 15 is 0 Å². The van der Waals surface area contributed by atoms with Crippen LogP contribution in [0.2, 0.25) is 0 Å². The zero-order valence-electron chi connectivity index (χ0n) is 11.1. The van der Waals surface area contributed by atoms with Gasteiger partial charge in [-0.05, 0) is 39.7 Å². The predicted octanol–water partition coefficient (Wildman–Crippen LogP) is 1.87. The molecule has 96 valence electrons. The van der Waals surface area contributed by atoms with Gasteiger partial charge in [0.25, 0.3) is 0 Å². The van der Waals surface area contributed by atoms with Gasteiger partial charge in [0.2, 0.25) is 0 Å². The summed E-state index contributed by atoms with van der Waals surface area (Å²) in [5, 5.41) is 8.13. The predicted molar refractivity (Wildman–Crippen MR) is 67.9 cm³/mol. The van der Waals surface area contributed by atoms with Crippen molar-refractivity contribution in [2.75, 3.05) is 13.2 Å². The van der Waals surface area contributed by atoms with E-state index in [1.54, 1.807) is 0 Å². The van der Waals surface area contributed by atoms with Crippen molar-refractivity contribution in [2.24, 2.45) is 0 Å². The van der Waals surface area contributed by atoms with Crippen molar-refractivity contribution in [2.45, 2.75) is 52.2 Å². The SMILES string of the molecule is CCn1nc(C)cc1CNC1(C)CCOCC1. The Balaban J connectivity index is 1.96. The highest BCUT2D eigenvalue weighted by Gasteiger charge is 2.26. The van der Waals surface area contributed by atoms with Gasteiger partial charge in [-0.15, -0.1) is 0 Å². The van der Waals surface area contributed by atoms with Gasteiger partial charge < -0.3 is 10.1 Å². The van der Waals surface area contributed by atoms with Crippen LogP contribution in [0.5, 0.6) is 0 Å². The van der Waals surface area contributed by atoms with E-state index in [4.69, 9.17) is 4.74 Å². The van der Waals surface area contributed by atoms with Gasteiger partial charge in [0.15, 0.2) is 0 Å². The maximum Gasteiger partial charge on any atom is 0.0597 e. The van der Waals surface area contributed by atoms with Crippen molar-refractivity contribution in [1.82, 2.24) is 15.1 Å². The molecule has 1 N–H and O–H groups in total. The van der Waals surface area contributed by atoms with Crippen molar-refractivity contribution in [3.8, 4) is 0 Å². The molecular weight excluding hydrogens is 214 g/mol. The van der Waals surface area contributed by atoms with E-state index in [-0.39, 0.29) is 5.54 Å². The van der Waals surface area contributed by atoms with Crippen LogP contribution < -0.4 is 5.32 Å².